The second kappa shape index (κ2) is 11.4. The molecule has 0 aliphatic rings. The number of aromatic nitrogens is 3. The van der Waals surface area contributed by atoms with Gasteiger partial charge in [0.25, 0.3) is 0 Å². The third-order valence-electron chi connectivity index (χ3n) is 4.80. The summed E-state index contributed by atoms with van der Waals surface area (Å²) in [6, 6.07) is 10.9. The first-order chi connectivity index (χ1) is 16.1. The molecule has 0 amide bonds. The van der Waals surface area contributed by atoms with Crippen molar-refractivity contribution in [3.63, 3.8) is 0 Å². The van der Waals surface area contributed by atoms with Crippen molar-refractivity contribution in [2.24, 2.45) is 0 Å². The van der Waals surface area contributed by atoms with Crippen LogP contribution in [0.25, 0.3) is 0 Å². The van der Waals surface area contributed by atoms with Gasteiger partial charge in [0, 0.05) is 19.2 Å². The average molecular weight is 528 g/mol. The van der Waals surface area contributed by atoms with Crippen molar-refractivity contribution in [1.29, 1.82) is 0 Å². The smallest absolute Gasteiger partial charge is 0.322 e. The van der Waals surface area contributed by atoms with E-state index < -0.39 is 16.1 Å². The molecule has 12 heteroatoms. The molecular formula is C22H27Cl2N5O4S. The standard InChI is InChI=1S/C22H27Cl2N5O4S/c1-5-29-21(15(2)27-34(30,31)18-9-10-19(23)20(24)14-18)25-26-22(29)33-17-8-6-7-16(13-17)32-12-11-28(3)4/h6-10,13-15,27H,5,11-12H2,1-4H3/t15-/m1/s1. The molecule has 0 saturated heterocycles. The summed E-state index contributed by atoms with van der Waals surface area (Å²) in [4.78, 5) is 2.03. The molecule has 0 fully saturated rings. The van der Waals surface area contributed by atoms with Gasteiger partial charge in [0.1, 0.15) is 18.1 Å². The highest BCUT2D eigenvalue weighted by atomic mass is 35.5. The quantitative estimate of drug-likeness (QED) is 0.395. The molecular weight excluding hydrogens is 501 g/mol. The summed E-state index contributed by atoms with van der Waals surface area (Å²) in [6.07, 6.45) is 0. The summed E-state index contributed by atoms with van der Waals surface area (Å²) in [5.74, 6) is 1.60. The van der Waals surface area contributed by atoms with E-state index in [1.165, 1.54) is 18.2 Å². The second-order valence-electron chi connectivity index (χ2n) is 7.73. The molecule has 0 unspecified atom stereocenters. The zero-order chi connectivity index (χ0) is 24.9. The minimum atomic E-state index is -3.88. The van der Waals surface area contributed by atoms with E-state index in [0.717, 1.165) is 6.54 Å². The number of hydrogen-bond donors (Lipinski definition) is 1. The summed E-state index contributed by atoms with van der Waals surface area (Å²) in [5, 5.41) is 8.70. The Kier molecular flexibility index (Phi) is 8.78. The minimum Gasteiger partial charge on any atom is -0.492 e. The molecule has 3 rings (SSSR count). The third-order valence-corrected chi connectivity index (χ3v) is 7.08. The Bertz CT molecular complexity index is 1230. The van der Waals surface area contributed by atoms with Gasteiger partial charge in [-0.3, -0.25) is 4.57 Å². The van der Waals surface area contributed by atoms with E-state index in [1.54, 1.807) is 23.6 Å². The van der Waals surface area contributed by atoms with Gasteiger partial charge in [0.2, 0.25) is 10.0 Å². The summed E-state index contributed by atoms with van der Waals surface area (Å²) in [6.45, 7) is 5.36. The van der Waals surface area contributed by atoms with Crippen molar-refractivity contribution in [2.45, 2.75) is 31.3 Å². The van der Waals surface area contributed by atoms with Crippen molar-refractivity contribution in [2.75, 3.05) is 27.2 Å². The molecule has 34 heavy (non-hydrogen) atoms. The van der Waals surface area contributed by atoms with E-state index in [0.29, 0.717) is 30.5 Å². The molecule has 1 atom stereocenters. The number of halogens is 2. The van der Waals surface area contributed by atoms with E-state index >= 15 is 0 Å². The van der Waals surface area contributed by atoms with Crippen LogP contribution in [0.3, 0.4) is 0 Å². The predicted molar refractivity (Wildman–Crippen MR) is 131 cm³/mol. The zero-order valence-electron chi connectivity index (χ0n) is 19.3. The number of benzene rings is 2. The normalized spacial score (nSPS) is 12.7. The second-order valence-corrected chi connectivity index (χ2v) is 10.3. The van der Waals surface area contributed by atoms with Crippen LogP contribution < -0.4 is 14.2 Å². The van der Waals surface area contributed by atoms with Gasteiger partial charge >= 0.3 is 6.01 Å². The van der Waals surface area contributed by atoms with Crippen LogP contribution >= 0.6 is 23.2 Å². The number of likely N-dealkylation sites (N-methyl/N-ethyl adjacent to an activating group) is 1. The van der Waals surface area contributed by atoms with Gasteiger partial charge in [-0.2, -0.15) is 0 Å². The number of sulfonamides is 1. The van der Waals surface area contributed by atoms with E-state index in [4.69, 9.17) is 32.7 Å². The lowest BCUT2D eigenvalue weighted by molar-refractivity contribution is 0.260. The first kappa shape index (κ1) is 26.2. The van der Waals surface area contributed by atoms with Crippen LogP contribution in [-0.2, 0) is 16.6 Å². The number of ether oxygens (including phenoxy) is 2. The van der Waals surface area contributed by atoms with E-state index in [2.05, 4.69) is 14.9 Å². The molecule has 0 spiro atoms. The highest BCUT2D eigenvalue weighted by molar-refractivity contribution is 7.89. The van der Waals surface area contributed by atoms with Gasteiger partial charge in [-0.15, -0.1) is 5.10 Å². The molecule has 1 N–H and O–H groups in total. The van der Waals surface area contributed by atoms with Gasteiger partial charge < -0.3 is 14.4 Å². The van der Waals surface area contributed by atoms with Crippen LogP contribution in [0.1, 0.15) is 25.7 Å². The fraction of sp³-hybridized carbons (Fsp3) is 0.364. The van der Waals surface area contributed by atoms with E-state index in [-0.39, 0.29) is 21.0 Å². The Morgan fingerprint density at radius 3 is 2.50 bits per heavy atom. The van der Waals surface area contributed by atoms with Crippen molar-refractivity contribution in [3.05, 3.63) is 58.3 Å². The van der Waals surface area contributed by atoms with Gasteiger partial charge in [0.15, 0.2) is 5.82 Å². The third kappa shape index (κ3) is 6.61. The molecule has 2 aromatic carbocycles. The lowest BCUT2D eigenvalue weighted by atomic mass is 10.3. The summed E-state index contributed by atoms with van der Waals surface area (Å²) in [7, 11) is 0.0747. The van der Waals surface area contributed by atoms with Gasteiger partial charge in [0.05, 0.1) is 21.0 Å². The van der Waals surface area contributed by atoms with Crippen LogP contribution in [0.4, 0.5) is 0 Å². The van der Waals surface area contributed by atoms with E-state index in [9.17, 15) is 8.42 Å². The molecule has 9 nitrogen and oxygen atoms in total. The van der Waals surface area contributed by atoms with Crippen molar-refractivity contribution in [1.82, 2.24) is 24.4 Å². The van der Waals surface area contributed by atoms with Crippen LogP contribution in [-0.4, -0.2) is 55.3 Å². The Balaban J connectivity index is 1.75. The fourth-order valence-electron chi connectivity index (χ4n) is 3.07. The Hall–Kier alpha value is -2.37. The lowest BCUT2D eigenvalue weighted by Gasteiger charge is -2.16. The average Bonchev–Trinajstić information content (AvgIpc) is 3.18. The van der Waals surface area contributed by atoms with Crippen LogP contribution in [0.5, 0.6) is 17.5 Å². The number of hydrogen-bond acceptors (Lipinski definition) is 7. The first-order valence-electron chi connectivity index (χ1n) is 10.6. The summed E-state index contributed by atoms with van der Waals surface area (Å²) in [5.41, 5.74) is 0. The van der Waals surface area contributed by atoms with Crippen molar-refractivity contribution < 1.29 is 17.9 Å². The van der Waals surface area contributed by atoms with E-state index in [1.807, 2.05) is 38.1 Å². The van der Waals surface area contributed by atoms with Gasteiger partial charge in [-0.1, -0.05) is 34.4 Å². The number of nitrogens with zero attached hydrogens (tertiary/aromatic N) is 4. The number of nitrogens with one attached hydrogen (secondary N) is 1. The summed E-state index contributed by atoms with van der Waals surface area (Å²) < 4.78 is 41.6. The molecule has 0 aliphatic carbocycles. The molecule has 1 aromatic heterocycles. The number of rotatable bonds is 11. The van der Waals surface area contributed by atoms with Crippen LogP contribution in [0.2, 0.25) is 10.0 Å². The Labute approximate surface area is 209 Å². The minimum absolute atomic E-state index is 0.00105. The first-order valence-corrected chi connectivity index (χ1v) is 12.8. The molecule has 184 valence electrons. The maximum atomic E-state index is 12.8. The Morgan fingerprint density at radius 1 is 1.09 bits per heavy atom. The van der Waals surface area contributed by atoms with Gasteiger partial charge in [-0.05, 0) is 58.3 Å². The molecule has 3 aromatic rings. The molecule has 0 aliphatic heterocycles. The van der Waals surface area contributed by atoms with Gasteiger partial charge in [-0.25, -0.2) is 13.1 Å². The zero-order valence-corrected chi connectivity index (χ0v) is 21.7. The highest BCUT2D eigenvalue weighted by Crippen LogP contribution is 2.28. The monoisotopic (exact) mass is 527 g/mol. The molecule has 1 heterocycles. The fourth-order valence-corrected chi connectivity index (χ4v) is 4.66. The topological polar surface area (TPSA) is 98.6 Å². The maximum Gasteiger partial charge on any atom is 0.322 e. The molecule has 0 radical (unpaired) electrons. The molecule has 0 bridgehead atoms. The molecule has 0 saturated carbocycles. The van der Waals surface area contributed by atoms with Crippen molar-refractivity contribution >= 4 is 33.2 Å². The SMILES string of the molecule is CCn1c(Oc2cccc(OCCN(C)C)c2)nnc1[C@@H](C)NS(=O)(=O)c1ccc(Cl)c(Cl)c1. The van der Waals surface area contributed by atoms with Crippen LogP contribution in [0, 0.1) is 0 Å². The largest absolute Gasteiger partial charge is 0.492 e. The maximum absolute atomic E-state index is 12.8. The van der Waals surface area contributed by atoms with Crippen molar-refractivity contribution in [3.8, 4) is 17.5 Å². The highest BCUT2D eigenvalue weighted by Gasteiger charge is 2.24. The summed E-state index contributed by atoms with van der Waals surface area (Å²) >= 11 is 11.9. The predicted octanol–water partition coefficient (Wildman–Crippen LogP) is 4.38. The Morgan fingerprint density at radius 2 is 1.82 bits per heavy atom. The van der Waals surface area contributed by atoms with Crippen LogP contribution in [0.15, 0.2) is 47.4 Å². The lowest BCUT2D eigenvalue weighted by Crippen LogP contribution is -2.29.